The lowest BCUT2D eigenvalue weighted by molar-refractivity contribution is 0.226. The zero-order chi connectivity index (χ0) is 13.9. The van der Waals surface area contributed by atoms with Crippen molar-refractivity contribution in [1.82, 2.24) is 4.31 Å². The summed E-state index contributed by atoms with van der Waals surface area (Å²) in [4.78, 5) is 0.0767. The Morgan fingerprint density at radius 2 is 1.95 bits per heavy atom. The Labute approximate surface area is 113 Å². The number of hydrogen-bond acceptors (Lipinski definition) is 4. The highest BCUT2D eigenvalue weighted by molar-refractivity contribution is 7.89. The van der Waals surface area contributed by atoms with E-state index < -0.39 is 10.0 Å². The highest BCUT2D eigenvalue weighted by Crippen LogP contribution is 2.29. The van der Waals surface area contributed by atoms with E-state index in [-0.39, 0.29) is 29.8 Å². The van der Waals surface area contributed by atoms with Crippen LogP contribution in [0.25, 0.3) is 0 Å². The van der Waals surface area contributed by atoms with Crippen molar-refractivity contribution in [3.63, 3.8) is 0 Å². The van der Waals surface area contributed by atoms with Gasteiger partial charge in [-0.05, 0) is 31.0 Å². The fourth-order valence-corrected chi connectivity index (χ4v) is 4.29. The van der Waals surface area contributed by atoms with E-state index in [0.717, 1.165) is 25.7 Å². The SMILES string of the molecule is O=S(=O)(c1cccc(O)c1)N(CCO)C1CCCC1. The predicted octanol–water partition coefficient (Wildman–Crippen LogP) is 1.32. The normalized spacial score (nSPS) is 17.2. The summed E-state index contributed by atoms with van der Waals surface area (Å²) in [7, 11) is -3.66. The van der Waals surface area contributed by atoms with Crippen molar-refractivity contribution < 1.29 is 18.6 Å². The zero-order valence-electron chi connectivity index (χ0n) is 10.7. The molecule has 0 atom stereocenters. The van der Waals surface area contributed by atoms with Gasteiger partial charge in [-0.25, -0.2) is 8.42 Å². The van der Waals surface area contributed by atoms with Gasteiger partial charge in [-0.2, -0.15) is 4.31 Å². The van der Waals surface area contributed by atoms with E-state index in [1.54, 1.807) is 0 Å². The van der Waals surface area contributed by atoms with Gasteiger partial charge in [0, 0.05) is 12.6 Å². The highest BCUT2D eigenvalue weighted by atomic mass is 32.2. The molecule has 1 aromatic carbocycles. The number of benzene rings is 1. The Morgan fingerprint density at radius 1 is 1.26 bits per heavy atom. The van der Waals surface area contributed by atoms with Gasteiger partial charge in [0.1, 0.15) is 5.75 Å². The molecule has 0 amide bonds. The number of phenols is 1. The van der Waals surface area contributed by atoms with Gasteiger partial charge >= 0.3 is 0 Å². The lowest BCUT2D eigenvalue weighted by Crippen LogP contribution is -2.40. The Balaban J connectivity index is 2.33. The average Bonchev–Trinajstić information content (AvgIpc) is 2.89. The predicted molar refractivity (Wildman–Crippen MR) is 71.3 cm³/mol. The number of sulfonamides is 1. The first-order valence-electron chi connectivity index (χ1n) is 6.47. The van der Waals surface area contributed by atoms with Gasteiger partial charge in [-0.1, -0.05) is 18.9 Å². The third-order valence-electron chi connectivity index (χ3n) is 3.48. The van der Waals surface area contributed by atoms with E-state index in [9.17, 15) is 13.5 Å². The lowest BCUT2D eigenvalue weighted by atomic mass is 10.2. The van der Waals surface area contributed by atoms with Crippen molar-refractivity contribution in [1.29, 1.82) is 0 Å². The molecule has 1 saturated carbocycles. The number of nitrogens with zero attached hydrogens (tertiary/aromatic N) is 1. The van der Waals surface area contributed by atoms with Gasteiger partial charge in [-0.3, -0.25) is 0 Å². The van der Waals surface area contributed by atoms with Crippen LogP contribution in [0.5, 0.6) is 5.75 Å². The first kappa shape index (κ1) is 14.3. The summed E-state index contributed by atoms with van der Waals surface area (Å²) < 4.78 is 26.5. The molecular weight excluding hydrogens is 266 g/mol. The molecule has 1 aliphatic rings. The number of aliphatic hydroxyl groups excluding tert-OH is 1. The van der Waals surface area contributed by atoms with Crippen LogP contribution in [-0.2, 0) is 10.0 Å². The van der Waals surface area contributed by atoms with Crippen LogP contribution >= 0.6 is 0 Å². The quantitative estimate of drug-likeness (QED) is 0.855. The molecule has 0 aliphatic heterocycles. The Kier molecular flexibility index (Phi) is 4.44. The van der Waals surface area contributed by atoms with Crippen LogP contribution in [0.4, 0.5) is 0 Å². The molecule has 0 heterocycles. The van der Waals surface area contributed by atoms with E-state index in [2.05, 4.69) is 0 Å². The maximum Gasteiger partial charge on any atom is 0.243 e. The summed E-state index contributed by atoms with van der Waals surface area (Å²) in [5, 5.41) is 18.5. The number of aromatic hydroxyl groups is 1. The van der Waals surface area contributed by atoms with Crippen molar-refractivity contribution >= 4 is 10.0 Å². The molecule has 0 bridgehead atoms. The number of phenolic OH excluding ortho intramolecular Hbond substituents is 1. The Morgan fingerprint density at radius 3 is 2.53 bits per heavy atom. The highest BCUT2D eigenvalue weighted by Gasteiger charge is 2.32. The number of hydrogen-bond donors (Lipinski definition) is 2. The van der Waals surface area contributed by atoms with Crippen molar-refractivity contribution in [2.24, 2.45) is 0 Å². The van der Waals surface area contributed by atoms with Crippen molar-refractivity contribution in [3.05, 3.63) is 24.3 Å². The molecule has 0 saturated heterocycles. The Hall–Kier alpha value is -1.11. The second kappa shape index (κ2) is 5.90. The smallest absolute Gasteiger partial charge is 0.243 e. The zero-order valence-corrected chi connectivity index (χ0v) is 11.5. The first-order valence-corrected chi connectivity index (χ1v) is 7.91. The van der Waals surface area contributed by atoms with Gasteiger partial charge in [0.05, 0.1) is 11.5 Å². The second-order valence-corrected chi connectivity index (χ2v) is 6.67. The van der Waals surface area contributed by atoms with Crippen molar-refractivity contribution in [3.8, 4) is 5.75 Å². The molecule has 0 radical (unpaired) electrons. The van der Waals surface area contributed by atoms with E-state index >= 15 is 0 Å². The molecule has 19 heavy (non-hydrogen) atoms. The van der Waals surface area contributed by atoms with E-state index in [1.807, 2.05) is 0 Å². The number of rotatable bonds is 5. The second-order valence-electron chi connectivity index (χ2n) is 4.77. The fourth-order valence-electron chi connectivity index (χ4n) is 2.57. The third-order valence-corrected chi connectivity index (χ3v) is 5.42. The molecule has 5 nitrogen and oxygen atoms in total. The fraction of sp³-hybridized carbons (Fsp3) is 0.538. The van der Waals surface area contributed by atoms with Crippen LogP contribution in [0, 0.1) is 0 Å². The van der Waals surface area contributed by atoms with Crippen LogP contribution in [0.15, 0.2) is 29.2 Å². The maximum atomic E-state index is 12.6. The van der Waals surface area contributed by atoms with Crippen LogP contribution in [0.2, 0.25) is 0 Å². The summed E-state index contributed by atoms with van der Waals surface area (Å²) in [5.41, 5.74) is 0. The Bertz CT molecular complexity index is 523. The third kappa shape index (κ3) is 3.08. The van der Waals surface area contributed by atoms with Crippen molar-refractivity contribution in [2.45, 2.75) is 36.6 Å². The molecule has 2 rings (SSSR count). The van der Waals surface area contributed by atoms with E-state index in [4.69, 9.17) is 5.11 Å². The molecule has 2 N–H and O–H groups in total. The van der Waals surface area contributed by atoms with Gasteiger partial charge in [0.15, 0.2) is 0 Å². The molecule has 0 spiro atoms. The van der Waals surface area contributed by atoms with Crippen LogP contribution in [-0.4, -0.2) is 42.1 Å². The summed E-state index contributed by atoms with van der Waals surface area (Å²) in [5.74, 6) is -0.0727. The monoisotopic (exact) mass is 285 g/mol. The van der Waals surface area contributed by atoms with Crippen LogP contribution in [0.3, 0.4) is 0 Å². The summed E-state index contributed by atoms with van der Waals surface area (Å²) in [6, 6.07) is 5.61. The molecule has 1 fully saturated rings. The van der Waals surface area contributed by atoms with Gasteiger partial charge < -0.3 is 10.2 Å². The molecule has 1 aliphatic carbocycles. The van der Waals surface area contributed by atoms with Crippen LogP contribution < -0.4 is 0 Å². The molecule has 1 aromatic rings. The minimum atomic E-state index is -3.66. The molecule has 0 unspecified atom stereocenters. The average molecular weight is 285 g/mol. The van der Waals surface area contributed by atoms with Crippen LogP contribution in [0.1, 0.15) is 25.7 Å². The maximum absolute atomic E-state index is 12.6. The minimum Gasteiger partial charge on any atom is -0.508 e. The largest absolute Gasteiger partial charge is 0.508 e. The summed E-state index contributed by atoms with van der Waals surface area (Å²) >= 11 is 0. The standard InChI is InChI=1S/C13H19NO4S/c15-9-8-14(11-4-1-2-5-11)19(17,18)13-7-3-6-12(16)10-13/h3,6-7,10-11,15-16H,1-2,4-5,8-9H2. The van der Waals surface area contributed by atoms with E-state index in [1.165, 1.54) is 28.6 Å². The van der Waals surface area contributed by atoms with Gasteiger partial charge in [-0.15, -0.1) is 0 Å². The number of aliphatic hydroxyl groups is 1. The van der Waals surface area contributed by atoms with Crippen molar-refractivity contribution in [2.75, 3.05) is 13.2 Å². The molecule has 0 aromatic heterocycles. The topological polar surface area (TPSA) is 77.8 Å². The summed E-state index contributed by atoms with van der Waals surface area (Å²) in [6.45, 7) is -0.1000. The molecular formula is C13H19NO4S. The molecule has 106 valence electrons. The van der Waals surface area contributed by atoms with E-state index in [0.29, 0.717) is 0 Å². The summed E-state index contributed by atoms with van der Waals surface area (Å²) in [6.07, 6.45) is 3.69. The minimum absolute atomic E-state index is 0.0421. The van der Waals surface area contributed by atoms with Gasteiger partial charge in [0.2, 0.25) is 10.0 Å². The lowest BCUT2D eigenvalue weighted by Gasteiger charge is -2.27. The van der Waals surface area contributed by atoms with Gasteiger partial charge in [0.25, 0.3) is 0 Å². The first-order chi connectivity index (χ1) is 9.05. The molecule has 6 heteroatoms.